The Morgan fingerprint density at radius 1 is 1.05 bits per heavy atom. The lowest BCUT2D eigenvalue weighted by Gasteiger charge is -2.44. The van der Waals surface area contributed by atoms with Gasteiger partial charge in [-0.3, -0.25) is 4.68 Å². The molecule has 38 heavy (non-hydrogen) atoms. The van der Waals surface area contributed by atoms with Crippen molar-refractivity contribution in [1.82, 2.24) is 25.0 Å². The van der Waals surface area contributed by atoms with Crippen molar-refractivity contribution in [3.8, 4) is 11.3 Å². The molecule has 10 heteroatoms. The van der Waals surface area contributed by atoms with E-state index in [2.05, 4.69) is 15.6 Å². The second-order valence-electron chi connectivity index (χ2n) is 11.2. The van der Waals surface area contributed by atoms with Crippen LogP contribution in [0.1, 0.15) is 55.3 Å². The quantitative estimate of drug-likeness (QED) is 0.500. The highest BCUT2D eigenvalue weighted by atomic mass is 19.3. The SMILES string of the molecule is O=C(NC1(c2cccc(F)c2)CCC1)N1CCC2(CCn3nc(-c4cnc5c(c4)C(F)(F)CCN5)cc32)C1. The van der Waals surface area contributed by atoms with Gasteiger partial charge in [-0.15, -0.1) is 0 Å². The predicted octanol–water partition coefficient (Wildman–Crippen LogP) is 5.13. The molecule has 198 valence electrons. The van der Waals surface area contributed by atoms with Crippen molar-refractivity contribution in [2.24, 2.45) is 0 Å². The van der Waals surface area contributed by atoms with Gasteiger partial charge in [-0.05, 0) is 61.9 Å². The molecular formula is C28H29F3N6O. The molecule has 1 saturated heterocycles. The molecule has 1 saturated carbocycles. The summed E-state index contributed by atoms with van der Waals surface area (Å²) in [5.41, 5.74) is 2.22. The topological polar surface area (TPSA) is 75.1 Å². The van der Waals surface area contributed by atoms with E-state index in [9.17, 15) is 18.0 Å². The number of hydrogen-bond acceptors (Lipinski definition) is 4. The van der Waals surface area contributed by atoms with Crippen LogP contribution in [0.3, 0.4) is 0 Å². The van der Waals surface area contributed by atoms with Crippen LogP contribution < -0.4 is 10.6 Å². The molecule has 2 amide bonds. The number of pyridine rings is 1. The number of carbonyl (C=O) groups excluding carboxylic acids is 1. The van der Waals surface area contributed by atoms with E-state index in [1.807, 2.05) is 21.7 Å². The minimum atomic E-state index is -2.92. The van der Waals surface area contributed by atoms with Crippen LogP contribution in [-0.2, 0) is 23.4 Å². The first kappa shape index (κ1) is 23.5. The van der Waals surface area contributed by atoms with Gasteiger partial charge in [0.05, 0.1) is 16.8 Å². The Balaban J connectivity index is 1.11. The van der Waals surface area contributed by atoms with Crippen LogP contribution >= 0.6 is 0 Å². The standard InChI is InChI=1S/C28H29F3N6O/c29-20-4-1-3-19(14-20)27(5-2-6-27)34-25(38)36-11-8-26(17-36)9-12-37-23(26)15-22(35-37)18-13-21-24(33-16-18)32-10-7-28(21,30)31/h1,3-4,13-16H,2,5-12,17H2,(H,32,33)(H,34,38). The number of nitrogens with one attached hydrogen (secondary N) is 2. The molecule has 1 atom stereocenters. The third-order valence-electron chi connectivity index (χ3n) is 9.01. The van der Waals surface area contributed by atoms with E-state index >= 15 is 0 Å². The number of urea groups is 1. The first-order valence-corrected chi connectivity index (χ1v) is 13.3. The number of carbonyl (C=O) groups is 1. The molecule has 2 N–H and O–H groups in total. The van der Waals surface area contributed by atoms with Crippen LogP contribution in [0.4, 0.5) is 23.8 Å². The molecule has 5 heterocycles. The molecule has 7 nitrogen and oxygen atoms in total. The van der Waals surface area contributed by atoms with E-state index in [0.717, 1.165) is 43.4 Å². The van der Waals surface area contributed by atoms with Crippen molar-refractivity contribution in [2.45, 2.75) is 61.9 Å². The Morgan fingerprint density at radius 3 is 2.68 bits per heavy atom. The maximum Gasteiger partial charge on any atom is 0.318 e. The lowest BCUT2D eigenvalue weighted by Crippen LogP contribution is -2.54. The molecular weight excluding hydrogens is 493 g/mol. The zero-order valence-electron chi connectivity index (χ0n) is 20.9. The number of aryl methyl sites for hydroxylation is 1. The Labute approximate surface area is 218 Å². The van der Waals surface area contributed by atoms with Crippen LogP contribution in [0.15, 0.2) is 42.6 Å². The highest BCUT2D eigenvalue weighted by Crippen LogP contribution is 2.46. The van der Waals surface area contributed by atoms with Crippen molar-refractivity contribution in [2.75, 3.05) is 25.0 Å². The molecule has 3 aliphatic heterocycles. The summed E-state index contributed by atoms with van der Waals surface area (Å²) in [5, 5.41) is 10.9. The van der Waals surface area contributed by atoms with Gasteiger partial charge >= 0.3 is 6.03 Å². The molecule has 7 rings (SSSR count). The molecule has 2 fully saturated rings. The normalized spacial score (nSPS) is 24.4. The maximum absolute atomic E-state index is 14.5. The number of rotatable bonds is 3. The van der Waals surface area contributed by atoms with Gasteiger partial charge in [-0.1, -0.05) is 12.1 Å². The van der Waals surface area contributed by atoms with Gasteiger partial charge in [0.15, 0.2) is 0 Å². The predicted molar refractivity (Wildman–Crippen MR) is 135 cm³/mol. The highest BCUT2D eigenvalue weighted by Gasteiger charge is 2.49. The zero-order valence-corrected chi connectivity index (χ0v) is 20.9. The number of anilines is 1. The third kappa shape index (κ3) is 3.60. The van der Waals surface area contributed by atoms with Crippen LogP contribution in [-0.4, -0.2) is 45.3 Å². The molecule has 2 aromatic heterocycles. The Bertz CT molecular complexity index is 1430. The number of fused-ring (bicyclic) bond motifs is 3. The van der Waals surface area contributed by atoms with Crippen molar-refractivity contribution in [1.29, 1.82) is 0 Å². The largest absolute Gasteiger partial charge is 0.369 e. The number of amides is 2. The summed E-state index contributed by atoms with van der Waals surface area (Å²) in [4.78, 5) is 19.5. The fraction of sp³-hybridized carbons (Fsp3) is 0.464. The van der Waals surface area contributed by atoms with Crippen LogP contribution in [0.5, 0.6) is 0 Å². The van der Waals surface area contributed by atoms with Crippen molar-refractivity contribution >= 4 is 11.8 Å². The van der Waals surface area contributed by atoms with E-state index in [1.165, 1.54) is 18.2 Å². The van der Waals surface area contributed by atoms with E-state index in [0.29, 0.717) is 30.9 Å². The number of aromatic nitrogens is 3. The molecule has 1 spiro atoms. The summed E-state index contributed by atoms with van der Waals surface area (Å²) >= 11 is 0. The van der Waals surface area contributed by atoms with Gasteiger partial charge in [-0.25, -0.2) is 22.9 Å². The second kappa shape index (κ2) is 8.22. The van der Waals surface area contributed by atoms with Gasteiger partial charge in [-0.2, -0.15) is 5.10 Å². The average molecular weight is 523 g/mol. The minimum Gasteiger partial charge on any atom is -0.369 e. The third-order valence-corrected chi connectivity index (χ3v) is 9.01. The molecule has 3 aromatic rings. The monoisotopic (exact) mass is 522 g/mol. The number of nitrogens with zero attached hydrogens (tertiary/aromatic N) is 4. The summed E-state index contributed by atoms with van der Waals surface area (Å²) in [7, 11) is 0. The molecule has 4 aliphatic rings. The first-order chi connectivity index (χ1) is 18.3. The van der Waals surface area contributed by atoms with Gasteiger partial charge in [0.1, 0.15) is 11.6 Å². The summed E-state index contributed by atoms with van der Waals surface area (Å²) < 4.78 is 44.9. The molecule has 0 radical (unpaired) electrons. The fourth-order valence-electron chi connectivity index (χ4n) is 6.65. The lowest BCUT2D eigenvalue weighted by molar-refractivity contribution is -0.0126. The molecule has 1 aromatic carbocycles. The van der Waals surface area contributed by atoms with Crippen molar-refractivity contribution in [3.63, 3.8) is 0 Å². The summed E-state index contributed by atoms with van der Waals surface area (Å²) in [6.45, 7) is 2.09. The van der Waals surface area contributed by atoms with Gasteiger partial charge < -0.3 is 15.5 Å². The van der Waals surface area contributed by atoms with Gasteiger partial charge in [0.25, 0.3) is 5.92 Å². The minimum absolute atomic E-state index is 0.0870. The smallest absolute Gasteiger partial charge is 0.318 e. The summed E-state index contributed by atoms with van der Waals surface area (Å²) in [5.74, 6) is -2.99. The van der Waals surface area contributed by atoms with E-state index < -0.39 is 11.5 Å². The molecule has 0 bridgehead atoms. The number of alkyl halides is 2. The van der Waals surface area contributed by atoms with E-state index in [-0.39, 0.29) is 41.6 Å². The highest BCUT2D eigenvalue weighted by molar-refractivity contribution is 5.76. The van der Waals surface area contributed by atoms with Crippen LogP contribution in [0, 0.1) is 5.82 Å². The Morgan fingerprint density at radius 2 is 1.89 bits per heavy atom. The van der Waals surface area contributed by atoms with Crippen LogP contribution in [0.2, 0.25) is 0 Å². The number of hydrogen-bond donors (Lipinski definition) is 2. The van der Waals surface area contributed by atoms with Crippen molar-refractivity contribution < 1.29 is 18.0 Å². The Hall–Kier alpha value is -3.56. The number of halogens is 3. The maximum atomic E-state index is 14.5. The number of likely N-dealkylation sites (tertiary alicyclic amines) is 1. The van der Waals surface area contributed by atoms with Gasteiger partial charge in [0.2, 0.25) is 0 Å². The number of benzene rings is 1. The fourth-order valence-corrected chi connectivity index (χ4v) is 6.65. The Kier molecular flexibility index (Phi) is 5.09. The second-order valence-corrected chi connectivity index (χ2v) is 11.2. The molecule has 1 unspecified atom stereocenters. The first-order valence-electron chi connectivity index (χ1n) is 13.3. The summed E-state index contributed by atoms with van der Waals surface area (Å²) in [6.07, 6.45) is 5.59. The van der Waals surface area contributed by atoms with E-state index in [1.54, 1.807) is 12.3 Å². The van der Waals surface area contributed by atoms with Crippen LogP contribution in [0.25, 0.3) is 11.3 Å². The summed E-state index contributed by atoms with van der Waals surface area (Å²) in [6, 6.07) is 9.86. The van der Waals surface area contributed by atoms with Gasteiger partial charge in [0, 0.05) is 55.5 Å². The average Bonchev–Trinajstić information content (AvgIpc) is 3.58. The van der Waals surface area contributed by atoms with Crippen molar-refractivity contribution in [3.05, 3.63) is 65.2 Å². The lowest BCUT2D eigenvalue weighted by atomic mass is 9.72. The van der Waals surface area contributed by atoms with E-state index in [4.69, 9.17) is 5.10 Å². The zero-order chi connectivity index (χ0) is 26.1. The molecule has 1 aliphatic carbocycles.